The molecular formula is C11H18N4O2. The Morgan fingerprint density at radius 3 is 3.06 bits per heavy atom. The van der Waals surface area contributed by atoms with E-state index in [1.165, 1.54) is 0 Å². The third kappa shape index (κ3) is 2.48. The molecule has 1 aromatic heterocycles. The van der Waals surface area contributed by atoms with Crippen LogP contribution in [0.5, 0.6) is 0 Å². The summed E-state index contributed by atoms with van der Waals surface area (Å²) in [7, 11) is 1.81. The third-order valence-electron chi connectivity index (χ3n) is 2.93. The first-order valence-electron chi connectivity index (χ1n) is 5.73. The van der Waals surface area contributed by atoms with Crippen molar-refractivity contribution < 1.29 is 9.53 Å². The average Bonchev–Trinajstić information content (AvgIpc) is 2.67. The molecule has 17 heavy (non-hydrogen) atoms. The van der Waals surface area contributed by atoms with E-state index in [1.54, 1.807) is 15.8 Å². The van der Waals surface area contributed by atoms with Crippen molar-refractivity contribution in [1.82, 2.24) is 14.7 Å². The maximum atomic E-state index is 12.3. The van der Waals surface area contributed by atoms with Gasteiger partial charge in [0.1, 0.15) is 0 Å². The van der Waals surface area contributed by atoms with Gasteiger partial charge in [-0.1, -0.05) is 0 Å². The molecule has 6 nitrogen and oxygen atoms in total. The van der Waals surface area contributed by atoms with Gasteiger partial charge in [0.2, 0.25) is 0 Å². The van der Waals surface area contributed by atoms with Gasteiger partial charge in [0, 0.05) is 32.9 Å². The Hall–Kier alpha value is -1.40. The largest absolute Gasteiger partial charge is 0.373 e. The van der Waals surface area contributed by atoms with E-state index in [9.17, 15) is 4.79 Å². The van der Waals surface area contributed by atoms with Crippen molar-refractivity contribution in [2.75, 3.05) is 26.2 Å². The fourth-order valence-electron chi connectivity index (χ4n) is 2.03. The van der Waals surface area contributed by atoms with E-state index in [0.29, 0.717) is 31.8 Å². The highest BCUT2D eigenvalue weighted by atomic mass is 16.5. The molecule has 1 saturated heterocycles. The maximum absolute atomic E-state index is 12.3. The Balaban J connectivity index is 2.12. The summed E-state index contributed by atoms with van der Waals surface area (Å²) in [6, 6.07) is 0. The van der Waals surface area contributed by atoms with Crippen molar-refractivity contribution in [3.05, 3.63) is 17.5 Å². The first-order chi connectivity index (χ1) is 8.11. The normalized spacial score (nSPS) is 20.6. The summed E-state index contributed by atoms with van der Waals surface area (Å²) in [5, 5.41) is 4.18. The highest BCUT2D eigenvalue weighted by Crippen LogP contribution is 2.12. The lowest BCUT2D eigenvalue weighted by Crippen LogP contribution is -2.48. The Morgan fingerprint density at radius 2 is 2.47 bits per heavy atom. The summed E-state index contributed by atoms with van der Waals surface area (Å²) in [6.45, 7) is 4.00. The molecule has 0 bridgehead atoms. The van der Waals surface area contributed by atoms with Gasteiger partial charge in [-0.15, -0.1) is 0 Å². The van der Waals surface area contributed by atoms with Crippen LogP contribution in [0, 0.1) is 6.92 Å². The van der Waals surface area contributed by atoms with Crippen LogP contribution < -0.4 is 5.73 Å². The van der Waals surface area contributed by atoms with Crippen LogP contribution in [0.3, 0.4) is 0 Å². The van der Waals surface area contributed by atoms with E-state index in [-0.39, 0.29) is 12.0 Å². The molecule has 1 aromatic rings. The Kier molecular flexibility index (Phi) is 3.44. The van der Waals surface area contributed by atoms with Crippen LogP contribution in [0.4, 0.5) is 0 Å². The minimum atomic E-state index is -0.0512. The molecule has 6 heteroatoms. The molecule has 2 heterocycles. The fourth-order valence-corrected chi connectivity index (χ4v) is 2.03. The number of nitrogens with two attached hydrogens (primary N) is 1. The highest BCUT2D eigenvalue weighted by molar-refractivity contribution is 5.95. The van der Waals surface area contributed by atoms with Gasteiger partial charge in [-0.05, 0) is 6.92 Å². The van der Waals surface area contributed by atoms with Crippen LogP contribution >= 0.6 is 0 Å². The molecular weight excluding hydrogens is 220 g/mol. The molecule has 0 aliphatic carbocycles. The second kappa shape index (κ2) is 4.85. The van der Waals surface area contributed by atoms with Gasteiger partial charge in [0.25, 0.3) is 5.91 Å². The molecule has 0 radical (unpaired) electrons. The van der Waals surface area contributed by atoms with Gasteiger partial charge < -0.3 is 15.4 Å². The number of hydrogen-bond donors (Lipinski definition) is 1. The van der Waals surface area contributed by atoms with Crippen molar-refractivity contribution in [3.8, 4) is 0 Å². The fraction of sp³-hybridized carbons (Fsp3) is 0.636. The minimum Gasteiger partial charge on any atom is -0.373 e. The standard InChI is InChI=1S/C11H18N4O2/c1-8-10(7-14(2)13-8)11(16)15-3-4-17-9(5-12)6-15/h7,9H,3-6,12H2,1-2H3. The molecule has 0 spiro atoms. The molecule has 2 rings (SSSR count). The van der Waals surface area contributed by atoms with Crippen molar-refractivity contribution in [3.63, 3.8) is 0 Å². The summed E-state index contributed by atoms with van der Waals surface area (Å²) in [6.07, 6.45) is 1.70. The van der Waals surface area contributed by atoms with Gasteiger partial charge in [0.15, 0.2) is 0 Å². The first kappa shape index (κ1) is 12.1. The van der Waals surface area contributed by atoms with E-state index in [2.05, 4.69) is 5.10 Å². The second-order valence-electron chi connectivity index (χ2n) is 4.28. The number of rotatable bonds is 2. The monoisotopic (exact) mass is 238 g/mol. The van der Waals surface area contributed by atoms with Crippen molar-refractivity contribution >= 4 is 5.91 Å². The van der Waals surface area contributed by atoms with E-state index < -0.39 is 0 Å². The van der Waals surface area contributed by atoms with Gasteiger partial charge >= 0.3 is 0 Å². The number of morpholine rings is 1. The van der Waals surface area contributed by atoms with Crippen LogP contribution in [0.2, 0.25) is 0 Å². The number of amides is 1. The zero-order valence-corrected chi connectivity index (χ0v) is 10.2. The first-order valence-corrected chi connectivity index (χ1v) is 5.73. The molecule has 94 valence electrons. The lowest BCUT2D eigenvalue weighted by atomic mass is 10.2. The van der Waals surface area contributed by atoms with E-state index in [4.69, 9.17) is 10.5 Å². The number of nitrogens with zero attached hydrogens (tertiary/aromatic N) is 3. The number of carbonyl (C=O) groups is 1. The highest BCUT2D eigenvalue weighted by Gasteiger charge is 2.26. The lowest BCUT2D eigenvalue weighted by molar-refractivity contribution is -0.0167. The number of aryl methyl sites for hydroxylation is 2. The predicted molar refractivity (Wildman–Crippen MR) is 62.6 cm³/mol. The number of ether oxygens (including phenoxy) is 1. The quantitative estimate of drug-likeness (QED) is 0.756. The zero-order chi connectivity index (χ0) is 12.4. The predicted octanol–water partition coefficient (Wildman–Crippen LogP) is -0.472. The molecule has 1 aliphatic rings. The Morgan fingerprint density at radius 1 is 1.71 bits per heavy atom. The number of carbonyl (C=O) groups excluding carboxylic acids is 1. The maximum Gasteiger partial charge on any atom is 0.257 e. The van der Waals surface area contributed by atoms with Crippen LogP contribution in [-0.4, -0.2) is 52.9 Å². The van der Waals surface area contributed by atoms with Gasteiger partial charge in [-0.25, -0.2) is 0 Å². The molecule has 2 N–H and O–H groups in total. The Labute approximate surface area is 100 Å². The molecule has 1 unspecified atom stereocenters. The van der Waals surface area contributed by atoms with Crippen molar-refractivity contribution in [1.29, 1.82) is 0 Å². The van der Waals surface area contributed by atoms with Crippen molar-refractivity contribution in [2.45, 2.75) is 13.0 Å². The minimum absolute atomic E-state index is 0.0114. The number of aromatic nitrogens is 2. The van der Waals surface area contributed by atoms with Crippen LogP contribution in [-0.2, 0) is 11.8 Å². The average molecular weight is 238 g/mol. The molecule has 0 saturated carbocycles. The summed E-state index contributed by atoms with van der Waals surface area (Å²) in [5.74, 6) is 0.0114. The topological polar surface area (TPSA) is 73.4 Å². The van der Waals surface area contributed by atoms with Crippen LogP contribution in [0.25, 0.3) is 0 Å². The summed E-state index contributed by atoms with van der Waals surface area (Å²) in [5.41, 5.74) is 6.97. The molecule has 1 amide bonds. The SMILES string of the molecule is Cc1nn(C)cc1C(=O)N1CCOC(CN)C1. The number of hydrogen-bond acceptors (Lipinski definition) is 4. The van der Waals surface area contributed by atoms with Gasteiger partial charge in [-0.2, -0.15) is 5.10 Å². The molecule has 0 aromatic carbocycles. The Bertz CT molecular complexity index is 416. The molecule has 1 atom stereocenters. The lowest BCUT2D eigenvalue weighted by Gasteiger charge is -2.32. The second-order valence-corrected chi connectivity index (χ2v) is 4.28. The summed E-state index contributed by atoms with van der Waals surface area (Å²) >= 11 is 0. The zero-order valence-electron chi connectivity index (χ0n) is 10.2. The van der Waals surface area contributed by atoms with Crippen molar-refractivity contribution in [2.24, 2.45) is 12.8 Å². The van der Waals surface area contributed by atoms with Gasteiger partial charge in [-0.3, -0.25) is 9.48 Å². The van der Waals surface area contributed by atoms with E-state index in [1.807, 2.05) is 14.0 Å². The smallest absolute Gasteiger partial charge is 0.257 e. The van der Waals surface area contributed by atoms with Gasteiger partial charge in [0.05, 0.1) is 24.0 Å². The van der Waals surface area contributed by atoms with Crippen LogP contribution in [0.1, 0.15) is 16.1 Å². The van der Waals surface area contributed by atoms with E-state index in [0.717, 1.165) is 5.69 Å². The van der Waals surface area contributed by atoms with Crippen LogP contribution in [0.15, 0.2) is 6.20 Å². The van der Waals surface area contributed by atoms with E-state index >= 15 is 0 Å². The molecule has 1 fully saturated rings. The molecule has 1 aliphatic heterocycles. The third-order valence-corrected chi connectivity index (χ3v) is 2.93. The summed E-state index contributed by atoms with van der Waals surface area (Å²) in [4.78, 5) is 14.1. The summed E-state index contributed by atoms with van der Waals surface area (Å²) < 4.78 is 7.10.